The molecule has 0 aliphatic heterocycles. The maximum Gasteiger partial charge on any atom is 0.235 e. The molecule has 0 saturated heterocycles. The summed E-state index contributed by atoms with van der Waals surface area (Å²) >= 11 is 5.35. The van der Waals surface area contributed by atoms with Crippen molar-refractivity contribution < 1.29 is 4.79 Å². The Balaban J connectivity index is 3.70. The summed E-state index contributed by atoms with van der Waals surface area (Å²) < 4.78 is 0. The third kappa shape index (κ3) is 9.54. The minimum absolute atomic E-state index is 0.0324. The molecule has 0 spiro atoms. The van der Waals surface area contributed by atoms with Gasteiger partial charge in [-0.05, 0) is 33.6 Å². The molecular weight excluding hydrogens is 210 g/mol. The number of nitrogens with one attached hydrogen (secondary N) is 1. The van der Waals surface area contributed by atoms with Gasteiger partial charge in [0, 0.05) is 6.54 Å². The van der Waals surface area contributed by atoms with Gasteiger partial charge in [0.25, 0.3) is 0 Å². The number of hydrogen-bond donors (Lipinski definition) is 1. The van der Waals surface area contributed by atoms with Gasteiger partial charge in [0.05, 0.1) is 0 Å². The van der Waals surface area contributed by atoms with Gasteiger partial charge in [-0.1, -0.05) is 23.3 Å². The van der Waals surface area contributed by atoms with Crippen molar-refractivity contribution in [1.29, 1.82) is 0 Å². The zero-order valence-corrected chi connectivity index (χ0v) is 10.5. The van der Waals surface area contributed by atoms with Crippen LogP contribution in [-0.4, -0.2) is 18.3 Å². The van der Waals surface area contributed by atoms with Crippen molar-refractivity contribution in [3.63, 3.8) is 0 Å². The third-order valence-corrected chi connectivity index (χ3v) is 2.21. The maximum atomic E-state index is 10.8. The standard InChI is InChI=1S/C12H20ClNO/c1-10(2)5-4-6-11(3)7-8-14-12(15)9-13/h5,7H,4,6,8-9H2,1-3H3,(H,14,15). The quantitative estimate of drug-likeness (QED) is 0.551. The molecule has 0 fully saturated rings. The fraction of sp³-hybridized carbons (Fsp3) is 0.583. The van der Waals surface area contributed by atoms with Crippen molar-refractivity contribution in [2.45, 2.75) is 33.6 Å². The first kappa shape index (κ1) is 14.2. The summed E-state index contributed by atoms with van der Waals surface area (Å²) in [5.74, 6) is -0.0880. The van der Waals surface area contributed by atoms with E-state index in [0.717, 1.165) is 12.8 Å². The Morgan fingerprint density at radius 3 is 2.47 bits per heavy atom. The summed E-state index contributed by atoms with van der Waals surface area (Å²) in [6.07, 6.45) is 6.36. The lowest BCUT2D eigenvalue weighted by Crippen LogP contribution is -2.24. The molecule has 86 valence electrons. The molecule has 0 radical (unpaired) electrons. The summed E-state index contributed by atoms with van der Waals surface area (Å²) in [4.78, 5) is 10.8. The molecule has 0 unspecified atom stereocenters. The van der Waals surface area contributed by atoms with Crippen LogP contribution in [0.15, 0.2) is 23.3 Å². The molecule has 0 aliphatic carbocycles. The summed E-state index contributed by atoms with van der Waals surface area (Å²) in [6.45, 7) is 6.84. The normalized spacial score (nSPS) is 11.1. The van der Waals surface area contributed by atoms with Crippen LogP contribution in [-0.2, 0) is 4.79 Å². The van der Waals surface area contributed by atoms with Crippen LogP contribution in [0.4, 0.5) is 0 Å². The fourth-order valence-corrected chi connectivity index (χ4v) is 1.17. The van der Waals surface area contributed by atoms with E-state index in [1.165, 1.54) is 11.1 Å². The summed E-state index contributed by atoms with van der Waals surface area (Å²) in [7, 11) is 0. The van der Waals surface area contributed by atoms with Crippen molar-refractivity contribution in [1.82, 2.24) is 5.32 Å². The molecule has 0 aliphatic rings. The molecule has 0 atom stereocenters. The van der Waals surface area contributed by atoms with Crippen LogP contribution in [0.3, 0.4) is 0 Å². The van der Waals surface area contributed by atoms with Crippen LogP contribution in [0.5, 0.6) is 0 Å². The van der Waals surface area contributed by atoms with Gasteiger partial charge in [-0.15, -0.1) is 11.6 Å². The van der Waals surface area contributed by atoms with Gasteiger partial charge in [-0.2, -0.15) is 0 Å². The van der Waals surface area contributed by atoms with Crippen molar-refractivity contribution in [3.05, 3.63) is 23.3 Å². The largest absolute Gasteiger partial charge is 0.352 e. The van der Waals surface area contributed by atoms with E-state index in [4.69, 9.17) is 11.6 Å². The van der Waals surface area contributed by atoms with Gasteiger partial charge < -0.3 is 5.32 Å². The first-order chi connectivity index (χ1) is 7.06. The van der Waals surface area contributed by atoms with E-state index in [1.54, 1.807) is 0 Å². The molecule has 0 aromatic heterocycles. The van der Waals surface area contributed by atoms with Crippen LogP contribution in [0.2, 0.25) is 0 Å². The number of carbonyl (C=O) groups is 1. The minimum Gasteiger partial charge on any atom is -0.352 e. The highest BCUT2D eigenvalue weighted by Crippen LogP contribution is 2.05. The Morgan fingerprint density at radius 1 is 1.27 bits per heavy atom. The van der Waals surface area contributed by atoms with Crippen LogP contribution in [0.1, 0.15) is 33.6 Å². The molecule has 3 heteroatoms. The van der Waals surface area contributed by atoms with E-state index in [9.17, 15) is 4.79 Å². The van der Waals surface area contributed by atoms with Gasteiger partial charge in [0.2, 0.25) is 5.91 Å². The summed E-state index contributed by atoms with van der Waals surface area (Å²) in [5.41, 5.74) is 2.64. The van der Waals surface area contributed by atoms with Crippen LogP contribution in [0, 0.1) is 0 Å². The second-order valence-corrected chi connectivity index (χ2v) is 4.08. The second-order valence-electron chi connectivity index (χ2n) is 3.81. The van der Waals surface area contributed by atoms with E-state index in [1.807, 2.05) is 6.08 Å². The molecule has 0 bridgehead atoms. The lowest BCUT2D eigenvalue weighted by molar-refractivity contribution is -0.118. The van der Waals surface area contributed by atoms with Crippen molar-refractivity contribution >= 4 is 17.5 Å². The molecular formula is C12H20ClNO. The predicted molar refractivity (Wildman–Crippen MR) is 66.2 cm³/mol. The van der Waals surface area contributed by atoms with E-state index >= 15 is 0 Å². The van der Waals surface area contributed by atoms with E-state index < -0.39 is 0 Å². The highest BCUT2D eigenvalue weighted by molar-refractivity contribution is 6.27. The van der Waals surface area contributed by atoms with Gasteiger partial charge >= 0.3 is 0 Å². The average Bonchev–Trinajstić information content (AvgIpc) is 2.17. The number of rotatable bonds is 6. The lowest BCUT2D eigenvalue weighted by Gasteiger charge is -2.01. The molecule has 0 rings (SSSR count). The van der Waals surface area contributed by atoms with Crippen LogP contribution < -0.4 is 5.32 Å². The highest BCUT2D eigenvalue weighted by Gasteiger charge is 1.94. The zero-order valence-electron chi connectivity index (χ0n) is 9.77. The smallest absolute Gasteiger partial charge is 0.235 e. The van der Waals surface area contributed by atoms with Crippen molar-refractivity contribution in [2.24, 2.45) is 0 Å². The number of allylic oxidation sites excluding steroid dienone is 3. The van der Waals surface area contributed by atoms with Crippen LogP contribution in [0.25, 0.3) is 0 Å². The molecule has 0 aromatic rings. The Bertz CT molecular complexity index is 252. The van der Waals surface area contributed by atoms with Gasteiger partial charge in [-0.25, -0.2) is 0 Å². The molecule has 0 saturated carbocycles. The third-order valence-electron chi connectivity index (χ3n) is 1.96. The number of halogens is 1. The Morgan fingerprint density at radius 2 is 1.93 bits per heavy atom. The maximum absolute atomic E-state index is 10.8. The van der Waals surface area contributed by atoms with E-state index in [-0.39, 0.29) is 11.8 Å². The van der Waals surface area contributed by atoms with Gasteiger partial charge in [-0.3, -0.25) is 4.79 Å². The average molecular weight is 230 g/mol. The molecule has 1 amide bonds. The Labute approximate surface area is 97.4 Å². The Kier molecular flexibility index (Phi) is 8.11. The number of hydrogen-bond acceptors (Lipinski definition) is 1. The predicted octanol–water partition coefficient (Wildman–Crippen LogP) is 3.03. The summed E-state index contributed by atoms with van der Waals surface area (Å²) in [6, 6.07) is 0. The van der Waals surface area contributed by atoms with Crippen molar-refractivity contribution in [2.75, 3.05) is 12.4 Å². The number of amides is 1. The zero-order chi connectivity index (χ0) is 11.7. The van der Waals surface area contributed by atoms with Gasteiger partial charge in [0.1, 0.15) is 5.88 Å². The van der Waals surface area contributed by atoms with Crippen molar-refractivity contribution in [3.8, 4) is 0 Å². The SMILES string of the molecule is CC(C)=CCCC(C)=CCNC(=O)CCl. The highest BCUT2D eigenvalue weighted by atomic mass is 35.5. The van der Waals surface area contributed by atoms with Gasteiger partial charge in [0.15, 0.2) is 0 Å². The molecule has 0 heterocycles. The second kappa shape index (κ2) is 8.54. The Hall–Kier alpha value is -0.760. The minimum atomic E-state index is -0.120. The lowest BCUT2D eigenvalue weighted by atomic mass is 10.1. The first-order valence-corrected chi connectivity index (χ1v) is 5.71. The molecule has 15 heavy (non-hydrogen) atoms. The van der Waals surface area contributed by atoms with E-state index in [0.29, 0.717) is 6.54 Å². The topological polar surface area (TPSA) is 29.1 Å². The number of carbonyl (C=O) groups excluding carboxylic acids is 1. The summed E-state index contributed by atoms with van der Waals surface area (Å²) in [5, 5.41) is 2.70. The van der Waals surface area contributed by atoms with Crippen LogP contribution >= 0.6 is 11.6 Å². The van der Waals surface area contributed by atoms with E-state index in [2.05, 4.69) is 32.2 Å². The monoisotopic (exact) mass is 229 g/mol. The fourth-order valence-electron chi connectivity index (χ4n) is 1.08. The number of alkyl halides is 1. The molecule has 0 aromatic carbocycles. The molecule has 1 N–H and O–H groups in total. The molecule has 2 nitrogen and oxygen atoms in total. The first-order valence-electron chi connectivity index (χ1n) is 5.18.